The minimum atomic E-state index is -0.694. The van der Waals surface area contributed by atoms with Crippen molar-refractivity contribution >= 4 is 29.9 Å². The van der Waals surface area contributed by atoms with Gasteiger partial charge in [-0.1, -0.05) is 42.0 Å². The summed E-state index contributed by atoms with van der Waals surface area (Å²) in [6, 6.07) is 12.7. The molecule has 0 saturated heterocycles. The lowest BCUT2D eigenvalue weighted by atomic mass is 9.97. The smallest absolute Gasteiger partial charge is 0.241 e. The molecule has 0 saturated carbocycles. The van der Waals surface area contributed by atoms with E-state index in [4.69, 9.17) is 5.73 Å². The van der Waals surface area contributed by atoms with Crippen molar-refractivity contribution < 1.29 is 9.59 Å². The van der Waals surface area contributed by atoms with Crippen LogP contribution in [0.4, 0.5) is 5.69 Å². The lowest BCUT2D eigenvalue weighted by molar-refractivity contribution is -0.123. The van der Waals surface area contributed by atoms with E-state index in [1.807, 2.05) is 56.3 Å². The largest absolute Gasteiger partial charge is 0.348 e. The Bertz CT molecular complexity index is 805. The molecule has 0 aromatic heterocycles. The van der Waals surface area contributed by atoms with Crippen molar-refractivity contribution in [2.75, 3.05) is 5.32 Å². The van der Waals surface area contributed by atoms with Crippen molar-refractivity contribution in [1.29, 1.82) is 0 Å². The molecule has 1 heterocycles. The molecule has 1 aliphatic rings. The highest BCUT2D eigenvalue weighted by atomic mass is 35.5. The van der Waals surface area contributed by atoms with Gasteiger partial charge in [-0.25, -0.2) is 0 Å². The second-order valence-corrected chi connectivity index (χ2v) is 6.58. The van der Waals surface area contributed by atoms with E-state index < -0.39 is 6.04 Å². The highest BCUT2D eigenvalue weighted by Crippen LogP contribution is 2.26. The van der Waals surface area contributed by atoms with Crippen LogP contribution in [0.25, 0.3) is 0 Å². The molecule has 5 nitrogen and oxygen atoms in total. The summed E-state index contributed by atoms with van der Waals surface area (Å²) in [6.07, 6.45) is 1.22. The molecule has 2 amide bonds. The third kappa shape index (κ3) is 4.42. The maximum absolute atomic E-state index is 12.5. The number of carbonyl (C=O) groups is 2. The quantitative estimate of drug-likeness (QED) is 0.769. The summed E-state index contributed by atoms with van der Waals surface area (Å²) < 4.78 is 0. The van der Waals surface area contributed by atoms with Crippen LogP contribution < -0.4 is 16.4 Å². The molecule has 0 fully saturated rings. The van der Waals surface area contributed by atoms with Crippen molar-refractivity contribution in [2.24, 2.45) is 5.73 Å². The van der Waals surface area contributed by atoms with Crippen molar-refractivity contribution in [3.8, 4) is 0 Å². The summed E-state index contributed by atoms with van der Waals surface area (Å²) in [6.45, 7) is 3.93. The Balaban J connectivity index is 0.00000243. The first-order valence-electron chi connectivity index (χ1n) is 8.49. The monoisotopic (exact) mass is 373 g/mol. The van der Waals surface area contributed by atoms with E-state index in [0.29, 0.717) is 6.42 Å². The maximum atomic E-state index is 12.5. The number of hydrogen-bond donors (Lipinski definition) is 3. The Morgan fingerprint density at radius 3 is 2.46 bits per heavy atom. The molecule has 4 N–H and O–H groups in total. The molecule has 0 bridgehead atoms. The van der Waals surface area contributed by atoms with Crippen LogP contribution in [0.5, 0.6) is 0 Å². The number of carbonyl (C=O) groups excluding carboxylic acids is 2. The molecular weight excluding hydrogens is 350 g/mol. The molecule has 2 aromatic carbocycles. The fourth-order valence-corrected chi connectivity index (χ4v) is 2.98. The number of rotatable bonds is 4. The number of hydrogen-bond acceptors (Lipinski definition) is 3. The van der Waals surface area contributed by atoms with Gasteiger partial charge in [0.05, 0.1) is 6.04 Å². The fraction of sp³-hybridized carbons (Fsp3) is 0.300. The fourth-order valence-electron chi connectivity index (χ4n) is 2.98. The van der Waals surface area contributed by atoms with Crippen LogP contribution >= 0.6 is 12.4 Å². The number of fused-ring (bicyclic) bond motifs is 1. The van der Waals surface area contributed by atoms with Gasteiger partial charge < -0.3 is 16.4 Å². The topological polar surface area (TPSA) is 84.2 Å². The van der Waals surface area contributed by atoms with Crippen LogP contribution in [0.2, 0.25) is 0 Å². The lowest BCUT2D eigenvalue weighted by Crippen LogP contribution is -2.35. The second kappa shape index (κ2) is 8.34. The summed E-state index contributed by atoms with van der Waals surface area (Å²) in [5.74, 6) is -0.159. The molecule has 0 radical (unpaired) electrons. The third-order valence-corrected chi connectivity index (χ3v) is 4.60. The number of nitrogens with two attached hydrogens (primary N) is 1. The first-order valence-corrected chi connectivity index (χ1v) is 8.49. The van der Waals surface area contributed by atoms with Crippen molar-refractivity contribution in [2.45, 2.75) is 38.8 Å². The zero-order chi connectivity index (χ0) is 18.0. The van der Waals surface area contributed by atoms with E-state index in [1.54, 1.807) is 0 Å². The molecule has 2 unspecified atom stereocenters. The average Bonchev–Trinajstić information content (AvgIpc) is 2.61. The summed E-state index contributed by atoms with van der Waals surface area (Å²) in [5.41, 5.74) is 11.0. The number of aryl methyl sites for hydroxylation is 2. The zero-order valence-electron chi connectivity index (χ0n) is 14.9. The van der Waals surface area contributed by atoms with Gasteiger partial charge in [-0.15, -0.1) is 12.4 Å². The summed E-state index contributed by atoms with van der Waals surface area (Å²) in [5, 5.41) is 5.84. The number of halogens is 1. The number of anilines is 1. The van der Waals surface area contributed by atoms with Crippen LogP contribution in [-0.4, -0.2) is 11.8 Å². The van der Waals surface area contributed by atoms with E-state index in [1.165, 1.54) is 0 Å². The van der Waals surface area contributed by atoms with E-state index in [2.05, 4.69) is 10.6 Å². The molecule has 0 spiro atoms. The Labute approximate surface area is 159 Å². The predicted molar refractivity (Wildman–Crippen MR) is 105 cm³/mol. The van der Waals surface area contributed by atoms with Gasteiger partial charge in [0, 0.05) is 12.1 Å². The number of amides is 2. The van der Waals surface area contributed by atoms with Gasteiger partial charge in [0.25, 0.3) is 0 Å². The molecule has 26 heavy (non-hydrogen) atoms. The summed E-state index contributed by atoms with van der Waals surface area (Å²) in [4.78, 5) is 23.9. The number of benzene rings is 2. The van der Waals surface area contributed by atoms with Crippen molar-refractivity contribution in [1.82, 2.24) is 5.32 Å². The standard InChI is InChI=1S/C20H23N3O2.ClH/c1-12-3-5-14(6-4-12)19(21)20(25)22-13(2)15-7-9-17-16(11-15)8-10-18(24)23-17;/h3-7,9,11,13,19H,8,10,21H2,1-2H3,(H,22,25)(H,23,24);1H. The molecule has 6 heteroatoms. The second-order valence-electron chi connectivity index (χ2n) is 6.58. The van der Waals surface area contributed by atoms with Crippen LogP contribution in [0.1, 0.15) is 47.7 Å². The molecule has 2 atom stereocenters. The minimum Gasteiger partial charge on any atom is -0.348 e. The SMILES string of the molecule is Cc1ccc(C(N)C(=O)NC(C)c2ccc3c(c2)CCC(=O)N3)cc1.Cl. The van der Waals surface area contributed by atoms with Crippen LogP contribution in [-0.2, 0) is 16.0 Å². The van der Waals surface area contributed by atoms with E-state index in [0.717, 1.165) is 34.4 Å². The van der Waals surface area contributed by atoms with Crippen LogP contribution in [0.15, 0.2) is 42.5 Å². The summed E-state index contributed by atoms with van der Waals surface area (Å²) >= 11 is 0. The Morgan fingerprint density at radius 1 is 1.12 bits per heavy atom. The van der Waals surface area contributed by atoms with Gasteiger partial charge in [0.15, 0.2) is 0 Å². The third-order valence-electron chi connectivity index (χ3n) is 4.60. The highest BCUT2D eigenvalue weighted by Gasteiger charge is 2.20. The van der Waals surface area contributed by atoms with Crippen LogP contribution in [0, 0.1) is 6.92 Å². The van der Waals surface area contributed by atoms with Gasteiger partial charge in [0.2, 0.25) is 11.8 Å². The van der Waals surface area contributed by atoms with Crippen molar-refractivity contribution in [3.63, 3.8) is 0 Å². The van der Waals surface area contributed by atoms with Gasteiger partial charge >= 0.3 is 0 Å². The predicted octanol–water partition coefficient (Wildman–Crippen LogP) is 3.18. The van der Waals surface area contributed by atoms with Gasteiger partial charge in [0.1, 0.15) is 6.04 Å². The van der Waals surface area contributed by atoms with E-state index in [9.17, 15) is 9.59 Å². The van der Waals surface area contributed by atoms with Crippen LogP contribution in [0.3, 0.4) is 0 Å². The molecule has 138 valence electrons. The maximum Gasteiger partial charge on any atom is 0.241 e. The van der Waals surface area contributed by atoms with Gasteiger partial charge in [-0.2, -0.15) is 0 Å². The average molecular weight is 374 g/mol. The molecule has 3 rings (SSSR count). The summed E-state index contributed by atoms with van der Waals surface area (Å²) in [7, 11) is 0. The minimum absolute atomic E-state index is 0. The number of nitrogens with one attached hydrogen (secondary N) is 2. The molecule has 1 aliphatic heterocycles. The molecule has 2 aromatic rings. The van der Waals surface area contributed by atoms with E-state index >= 15 is 0 Å². The first kappa shape index (κ1) is 19.9. The lowest BCUT2D eigenvalue weighted by Gasteiger charge is -2.21. The molecular formula is C20H24ClN3O2. The normalized spacial score (nSPS) is 15.1. The first-order chi connectivity index (χ1) is 11.9. The van der Waals surface area contributed by atoms with Gasteiger partial charge in [-0.05, 0) is 43.0 Å². The Kier molecular flexibility index (Phi) is 6.40. The highest BCUT2D eigenvalue weighted by molar-refractivity contribution is 5.94. The van der Waals surface area contributed by atoms with Crippen molar-refractivity contribution in [3.05, 3.63) is 64.7 Å². The van der Waals surface area contributed by atoms with Gasteiger partial charge in [-0.3, -0.25) is 9.59 Å². The zero-order valence-corrected chi connectivity index (χ0v) is 15.7. The molecule has 0 aliphatic carbocycles. The van der Waals surface area contributed by atoms with E-state index in [-0.39, 0.29) is 30.3 Å². The Morgan fingerprint density at radius 2 is 1.77 bits per heavy atom. The Hall–Kier alpha value is -2.37.